The molecule has 0 bridgehead atoms. The number of aliphatic hydroxyl groups is 4. The molecule has 3 saturated heterocycles. The maximum atomic E-state index is 10.4. The van der Waals surface area contributed by atoms with Crippen LogP contribution in [0.15, 0.2) is 0 Å². The standard InChI is InChI=1S/C25H46O9/c1-11-13(3)22(19(9-27)30-17(11)7)33-25-16(6)14(4)23(20(10-28)32-25)34-24-15(5)12(2)21(29)18(8-26)31-24/h11-29H,8-10H2,1-7H3/t11?,12-,13-,14-,15?,16?,17-,18?,19?,20?,21+,22+,23+,24-,25+/m1/s1. The van der Waals surface area contributed by atoms with Gasteiger partial charge in [0.1, 0.15) is 18.3 Å². The second kappa shape index (κ2) is 11.8. The maximum Gasteiger partial charge on any atom is 0.161 e. The van der Waals surface area contributed by atoms with Crippen LogP contribution in [0.4, 0.5) is 0 Å². The molecule has 34 heavy (non-hydrogen) atoms. The summed E-state index contributed by atoms with van der Waals surface area (Å²) in [6.45, 7) is 13.5. The molecular weight excluding hydrogens is 444 g/mol. The maximum absolute atomic E-state index is 10.4. The Morgan fingerprint density at radius 2 is 0.941 bits per heavy atom. The third-order valence-corrected chi connectivity index (χ3v) is 8.91. The quantitative estimate of drug-likeness (QED) is 0.416. The number of rotatable bonds is 7. The number of hydrogen-bond donors (Lipinski definition) is 4. The summed E-state index contributed by atoms with van der Waals surface area (Å²) < 4.78 is 30.9. The highest BCUT2D eigenvalue weighted by Crippen LogP contribution is 2.40. The Hall–Kier alpha value is -0.360. The lowest BCUT2D eigenvalue weighted by atomic mass is 9.81. The van der Waals surface area contributed by atoms with E-state index in [1.807, 2.05) is 34.6 Å². The fourth-order valence-electron chi connectivity index (χ4n) is 5.57. The molecule has 6 unspecified atom stereocenters. The summed E-state index contributed by atoms with van der Waals surface area (Å²) in [7, 11) is 0. The van der Waals surface area contributed by atoms with Gasteiger partial charge in [0.25, 0.3) is 0 Å². The van der Waals surface area contributed by atoms with E-state index in [-0.39, 0.29) is 67.5 Å². The molecule has 0 aromatic heterocycles. The Labute approximate surface area is 203 Å². The first-order valence-corrected chi connectivity index (χ1v) is 12.8. The fourth-order valence-corrected chi connectivity index (χ4v) is 5.57. The summed E-state index contributed by atoms with van der Waals surface area (Å²) in [5, 5.41) is 40.0. The fraction of sp³-hybridized carbons (Fsp3) is 1.00. The van der Waals surface area contributed by atoms with Crippen LogP contribution in [0.2, 0.25) is 0 Å². The van der Waals surface area contributed by atoms with Crippen LogP contribution >= 0.6 is 0 Å². The summed E-state index contributed by atoms with van der Waals surface area (Å²) in [6.07, 6.45) is -4.55. The Morgan fingerprint density at radius 1 is 0.529 bits per heavy atom. The summed E-state index contributed by atoms with van der Waals surface area (Å²) in [6, 6.07) is 0. The molecule has 3 heterocycles. The monoisotopic (exact) mass is 490 g/mol. The lowest BCUT2D eigenvalue weighted by Gasteiger charge is -2.50. The molecule has 3 rings (SSSR count). The van der Waals surface area contributed by atoms with Crippen LogP contribution in [0.3, 0.4) is 0 Å². The van der Waals surface area contributed by atoms with Crippen LogP contribution in [0.25, 0.3) is 0 Å². The van der Waals surface area contributed by atoms with Crippen molar-refractivity contribution in [2.45, 2.75) is 104 Å². The summed E-state index contributed by atoms with van der Waals surface area (Å²) in [5.74, 6) is 0.0886. The predicted octanol–water partition coefficient (Wildman–Crippen LogP) is 1.15. The molecule has 9 heteroatoms. The average Bonchev–Trinajstić information content (AvgIpc) is 2.83. The zero-order valence-electron chi connectivity index (χ0n) is 21.6. The molecule has 0 amide bonds. The number of hydrogen-bond acceptors (Lipinski definition) is 9. The van der Waals surface area contributed by atoms with Crippen molar-refractivity contribution in [2.75, 3.05) is 19.8 Å². The van der Waals surface area contributed by atoms with Gasteiger partial charge in [-0.3, -0.25) is 0 Å². The lowest BCUT2D eigenvalue weighted by Crippen LogP contribution is -2.59. The van der Waals surface area contributed by atoms with E-state index < -0.39 is 43.1 Å². The van der Waals surface area contributed by atoms with Crippen molar-refractivity contribution in [1.82, 2.24) is 0 Å². The second-order valence-electron chi connectivity index (χ2n) is 10.9. The van der Waals surface area contributed by atoms with Crippen molar-refractivity contribution in [3.8, 4) is 0 Å². The third kappa shape index (κ3) is 5.48. The van der Waals surface area contributed by atoms with Crippen molar-refractivity contribution in [1.29, 1.82) is 0 Å². The normalized spacial score (nSPS) is 52.5. The van der Waals surface area contributed by atoms with Crippen LogP contribution < -0.4 is 0 Å². The molecule has 0 saturated carbocycles. The Kier molecular flexibility index (Phi) is 9.79. The van der Waals surface area contributed by atoms with Gasteiger partial charge in [-0.25, -0.2) is 0 Å². The molecule has 200 valence electrons. The van der Waals surface area contributed by atoms with E-state index >= 15 is 0 Å². The predicted molar refractivity (Wildman–Crippen MR) is 124 cm³/mol. The molecule has 0 aliphatic carbocycles. The first-order chi connectivity index (χ1) is 16.0. The molecule has 3 aliphatic rings. The number of aliphatic hydroxyl groups excluding tert-OH is 4. The van der Waals surface area contributed by atoms with Crippen molar-refractivity contribution >= 4 is 0 Å². The van der Waals surface area contributed by atoms with Crippen molar-refractivity contribution in [3.05, 3.63) is 0 Å². The zero-order valence-corrected chi connectivity index (χ0v) is 21.6. The average molecular weight is 491 g/mol. The summed E-state index contributed by atoms with van der Waals surface area (Å²) in [4.78, 5) is 0. The Bertz CT molecular complexity index is 630. The second-order valence-corrected chi connectivity index (χ2v) is 10.9. The minimum atomic E-state index is -0.769. The molecule has 9 nitrogen and oxygen atoms in total. The Balaban J connectivity index is 1.72. The van der Waals surface area contributed by atoms with Crippen molar-refractivity contribution in [3.63, 3.8) is 0 Å². The first kappa shape index (κ1) is 28.2. The SMILES string of the molecule is CC1[C@@H](O[C@@H]2C(CO)O[C@@H](O[C@@H]3C(CO)O[C@H](C)C(C)[C@H]3C)C(C)[C@H]2C)OC(CO)[C@@H](O)[C@@H]1C. The molecule has 0 aromatic rings. The van der Waals surface area contributed by atoms with Crippen LogP contribution in [0.1, 0.15) is 48.5 Å². The molecule has 0 spiro atoms. The van der Waals surface area contributed by atoms with Crippen LogP contribution in [0, 0.1) is 35.5 Å². The van der Waals surface area contributed by atoms with Crippen LogP contribution in [-0.4, -0.2) is 95.6 Å². The van der Waals surface area contributed by atoms with Gasteiger partial charge in [-0.2, -0.15) is 0 Å². The van der Waals surface area contributed by atoms with Gasteiger partial charge in [-0.1, -0.05) is 41.5 Å². The van der Waals surface area contributed by atoms with Gasteiger partial charge in [-0.05, 0) is 30.6 Å². The van der Waals surface area contributed by atoms with E-state index in [1.54, 1.807) is 0 Å². The Morgan fingerprint density at radius 3 is 1.44 bits per heavy atom. The minimum Gasteiger partial charge on any atom is -0.394 e. The highest BCUT2D eigenvalue weighted by molar-refractivity contribution is 4.92. The molecule has 3 aliphatic heterocycles. The van der Waals surface area contributed by atoms with Gasteiger partial charge in [-0.15, -0.1) is 0 Å². The molecule has 0 radical (unpaired) electrons. The largest absolute Gasteiger partial charge is 0.394 e. The van der Waals surface area contributed by atoms with Crippen molar-refractivity contribution < 1.29 is 44.1 Å². The molecular formula is C25H46O9. The highest BCUT2D eigenvalue weighted by atomic mass is 16.7. The first-order valence-electron chi connectivity index (χ1n) is 12.8. The van der Waals surface area contributed by atoms with Gasteiger partial charge in [0, 0.05) is 11.8 Å². The van der Waals surface area contributed by atoms with E-state index in [0.29, 0.717) is 0 Å². The molecule has 3 fully saturated rings. The molecule has 15 atom stereocenters. The lowest BCUT2D eigenvalue weighted by molar-refractivity contribution is -0.346. The van der Waals surface area contributed by atoms with Gasteiger partial charge in [0.15, 0.2) is 12.6 Å². The van der Waals surface area contributed by atoms with Crippen LogP contribution in [0.5, 0.6) is 0 Å². The summed E-state index contributed by atoms with van der Waals surface area (Å²) in [5.41, 5.74) is 0. The molecule has 0 aromatic carbocycles. The van der Waals surface area contributed by atoms with E-state index in [0.717, 1.165) is 0 Å². The topological polar surface area (TPSA) is 127 Å². The minimum absolute atomic E-state index is 0.0275. The van der Waals surface area contributed by atoms with Gasteiger partial charge < -0.3 is 44.1 Å². The van der Waals surface area contributed by atoms with Crippen LogP contribution in [-0.2, 0) is 23.7 Å². The van der Waals surface area contributed by atoms with E-state index in [4.69, 9.17) is 23.7 Å². The van der Waals surface area contributed by atoms with E-state index in [2.05, 4.69) is 13.8 Å². The summed E-state index contributed by atoms with van der Waals surface area (Å²) >= 11 is 0. The third-order valence-electron chi connectivity index (χ3n) is 8.91. The van der Waals surface area contributed by atoms with Gasteiger partial charge in [0.2, 0.25) is 0 Å². The zero-order chi connectivity index (χ0) is 25.3. The van der Waals surface area contributed by atoms with E-state index in [1.165, 1.54) is 0 Å². The smallest absolute Gasteiger partial charge is 0.161 e. The van der Waals surface area contributed by atoms with Crippen molar-refractivity contribution in [2.24, 2.45) is 35.5 Å². The van der Waals surface area contributed by atoms with Gasteiger partial charge >= 0.3 is 0 Å². The highest BCUT2D eigenvalue weighted by Gasteiger charge is 2.49. The van der Waals surface area contributed by atoms with E-state index in [9.17, 15) is 20.4 Å². The molecule has 4 N–H and O–H groups in total. The van der Waals surface area contributed by atoms with Gasteiger partial charge in [0.05, 0.1) is 44.2 Å². The number of ether oxygens (including phenoxy) is 5.